The van der Waals surface area contributed by atoms with Crippen LogP contribution in [0, 0.1) is 11.8 Å². The summed E-state index contributed by atoms with van der Waals surface area (Å²) in [5.41, 5.74) is 10.6. The van der Waals surface area contributed by atoms with Gasteiger partial charge in [-0.1, -0.05) is 24.3 Å². The topological polar surface area (TPSA) is 158 Å². The molecule has 0 saturated carbocycles. The first-order valence-corrected chi connectivity index (χ1v) is 21.7. The molecule has 312 valence electrons. The molecule has 6 aliphatic rings. The lowest BCUT2D eigenvalue weighted by Gasteiger charge is -2.46. The van der Waals surface area contributed by atoms with E-state index in [0.717, 1.165) is 100 Å². The minimum atomic E-state index is -0.590. The molecule has 1 unspecified atom stereocenters. The maximum atomic E-state index is 13.3. The Kier molecular flexibility index (Phi) is 10.3. The molecular formula is C46H53N9O5. The van der Waals surface area contributed by atoms with Crippen molar-refractivity contribution in [1.29, 1.82) is 0 Å². The van der Waals surface area contributed by atoms with Gasteiger partial charge < -0.3 is 35.4 Å². The molecule has 4 N–H and O–H groups in total. The summed E-state index contributed by atoms with van der Waals surface area (Å²) in [7, 11) is 0. The van der Waals surface area contributed by atoms with Crippen molar-refractivity contribution in [1.82, 2.24) is 29.8 Å². The molecule has 14 nitrogen and oxygen atoms in total. The molecule has 10 rings (SSSR count). The van der Waals surface area contributed by atoms with Crippen molar-refractivity contribution < 1.29 is 23.9 Å². The fourth-order valence-electron chi connectivity index (χ4n) is 10.6. The number of piperidine rings is 3. The van der Waals surface area contributed by atoms with Gasteiger partial charge in [-0.2, -0.15) is 5.10 Å². The highest BCUT2D eigenvalue weighted by Crippen LogP contribution is 2.41. The average molecular weight is 812 g/mol. The molecule has 60 heavy (non-hydrogen) atoms. The Hall–Kier alpha value is -5.73. The predicted octanol–water partition coefficient (Wildman–Crippen LogP) is 4.87. The van der Waals surface area contributed by atoms with Crippen LogP contribution in [-0.2, 0) is 16.1 Å². The summed E-state index contributed by atoms with van der Waals surface area (Å²) in [6.45, 7) is 8.65. The van der Waals surface area contributed by atoms with E-state index in [4.69, 9.17) is 15.6 Å². The van der Waals surface area contributed by atoms with Gasteiger partial charge in [0, 0.05) is 67.9 Å². The van der Waals surface area contributed by atoms with Crippen LogP contribution in [0.25, 0.3) is 11.3 Å². The second-order valence-corrected chi connectivity index (χ2v) is 17.5. The summed E-state index contributed by atoms with van der Waals surface area (Å²) in [6, 6.07) is 23.7. The third kappa shape index (κ3) is 7.40. The van der Waals surface area contributed by atoms with Crippen LogP contribution in [0.15, 0.2) is 72.8 Å². The molecule has 14 heteroatoms. The van der Waals surface area contributed by atoms with Crippen molar-refractivity contribution in [3.05, 3.63) is 89.5 Å². The Labute approximate surface area is 350 Å². The molecule has 1 aromatic heterocycles. The van der Waals surface area contributed by atoms with Crippen LogP contribution in [0.4, 0.5) is 11.5 Å². The SMILES string of the molecule is NC(=O)c1c(-c2ccc(Oc3ccccc3)cc2)nn2c1NCC[C@H]2C1CCN(C2CCN(CC3CN(c4ccc5c(c4)C(=O)N(C4CCC(=O)NC4=O)C5)C3)CC2)CC1. The number of fused-ring (bicyclic) bond motifs is 2. The van der Waals surface area contributed by atoms with Crippen LogP contribution in [0.5, 0.6) is 11.5 Å². The summed E-state index contributed by atoms with van der Waals surface area (Å²) in [5, 5.41) is 10.9. The van der Waals surface area contributed by atoms with E-state index in [1.165, 1.54) is 12.8 Å². The zero-order valence-corrected chi connectivity index (χ0v) is 33.9. The van der Waals surface area contributed by atoms with Crippen LogP contribution in [0.1, 0.15) is 77.3 Å². The summed E-state index contributed by atoms with van der Waals surface area (Å²) in [6.07, 6.45) is 6.19. The van der Waals surface area contributed by atoms with Crippen LogP contribution < -0.4 is 26.0 Å². The van der Waals surface area contributed by atoms with Gasteiger partial charge in [-0.3, -0.25) is 24.5 Å². The first-order chi connectivity index (χ1) is 29.3. The number of carbonyl (C=O) groups excluding carboxylic acids is 4. The fraction of sp³-hybridized carbons (Fsp3) is 0.457. The normalized spacial score (nSPS) is 23.2. The van der Waals surface area contributed by atoms with Gasteiger partial charge in [0.25, 0.3) is 11.8 Å². The third-order valence-corrected chi connectivity index (χ3v) is 13.9. The number of hydrogen-bond acceptors (Lipinski definition) is 10. The van der Waals surface area contributed by atoms with Gasteiger partial charge >= 0.3 is 0 Å². The lowest BCUT2D eigenvalue weighted by atomic mass is 9.85. The van der Waals surface area contributed by atoms with Crippen molar-refractivity contribution in [2.75, 3.05) is 62.6 Å². The number of primary amides is 1. The number of para-hydroxylation sites is 1. The minimum absolute atomic E-state index is 0.120. The lowest BCUT2D eigenvalue weighted by Crippen LogP contribution is -2.54. The minimum Gasteiger partial charge on any atom is -0.457 e. The molecule has 4 fully saturated rings. The zero-order chi connectivity index (χ0) is 40.9. The van der Waals surface area contributed by atoms with E-state index in [2.05, 4.69) is 36.1 Å². The maximum Gasteiger partial charge on any atom is 0.255 e. The molecule has 4 saturated heterocycles. The Bertz CT molecular complexity index is 2270. The highest BCUT2D eigenvalue weighted by Gasteiger charge is 2.41. The first kappa shape index (κ1) is 38.5. The number of imide groups is 1. The number of benzene rings is 3. The number of carbonyl (C=O) groups is 4. The van der Waals surface area contributed by atoms with Crippen LogP contribution in [0.3, 0.4) is 0 Å². The average Bonchev–Trinajstić information content (AvgIpc) is 3.81. The number of anilines is 2. The van der Waals surface area contributed by atoms with E-state index >= 15 is 0 Å². The van der Waals surface area contributed by atoms with Crippen molar-refractivity contribution >= 4 is 35.1 Å². The summed E-state index contributed by atoms with van der Waals surface area (Å²) in [5.74, 6) is 2.05. The zero-order valence-electron chi connectivity index (χ0n) is 33.9. The molecular weight excluding hydrogens is 759 g/mol. The van der Waals surface area contributed by atoms with E-state index in [1.807, 2.05) is 66.7 Å². The quantitative estimate of drug-likeness (QED) is 0.189. The molecule has 2 atom stereocenters. The Morgan fingerprint density at radius 1 is 0.850 bits per heavy atom. The Morgan fingerprint density at radius 2 is 1.60 bits per heavy atom. The monoisotopic (exact) mass is 811 g/mol. The Balaban J connectivity index is 0.698. The van der Waals surface area contributed by atoms with Gasteiger partial charge in [0.15, 0.2) is 0 Å². The van der Waals surface area contributed by atoms with Crippen molar-refractivity contribution in [2.24, 2.45) is 17.6 Å². The predicted molar refractivity (Wildman–Crippen MR) is 227 cm³/mol. The van der Waals surface area contributed by atoms with Gasteiger partial charge in [0.2, 0.25) is 11.8 Å². The molecule has 3 aromatic carbocycles. The summed E-state index contributed by atoms with van der Waals surface area (Å²) >= 11 is 0. The largest absolute Gasteiger partial charge is 0.457 e. The first-order valence-electron chi connectivity index (χ1n) is 21.7. The molecule has 4 aromatic rings. The van der Waals surface area contributed by atoms with Gasteiger partial charge in [0.1, 0.15) is 34.6 Å². The van der Waals surface area contributed by atoms with Gasteiger partial charge in [-0.25, -0.2) is 4.68 Å². The Morgan fingerprint density at radius 3 is 2.33 bits per heavy atom. The second kappa shape index (κ2) is 16.0. The summed E-state index contributed by atoms with van der Waals surface area (Å²) < 4.78 is 8.06. The third-order valence-electron chi connectivity index (χ3n) is 13.9. The number of aromatic nitrogens is 2. The molecule has 7 heterocycles. The summed E-state index contributed by atoms with van der Waals surface area (Å²) in [4.78, 5) is 59.7. The molecule has 0 spiro atoms. The number of nitrogens with one attached hydrogen (secondary N) is 2. The van der Waals surface area contributed by atoms with Crippen LogP contribution >= 0.6 is 0 Å². The maximum absolute atomic E-state index is 13.3. The van der Waals surface area contributed by atoms with E-state index in [1.54, 1.807) is 4.90 Å². The molecule has 6 aliphatic heterocycles. The smallest absolute Gasteiger partial charge is 0.255 e. The number of ether oxygens (including phenoxy) is 1. The van der Waals surface area contributed by atoms with Gasteiger partial charge in [-0.05, 0) is 125 Å². The second-order valence-electron chi connectivity index (χ2n) is 17.5. The van der Waals surface area contributed by atoms with Crippen molar-refractivity contribution in [3.8, 4) is 22.8 Å². The van der Waals surface area contributed by atoms with Gasteiger partial charge in [-0.15, -0.1) is 0 Å². The standard InChI is InChI=1S/C46H53N9O5/c47-43(57)41-42(31-7-10-36(11-8-31)60-35-4-2-1-3-5-35)50-55-38(14-19-48-44(41)55)30-15-22-52(23-16-30)33-17-20-51(21-18-33)25-29-26-53(27-29)34-9-6-32-28-54(46(59)37(32)24-34)39-12-13-40(56)49-45(39)58/h1-11,24,29-30,33,38-39,48H,12-23,25-28H2,(H2,47,57)(H,49,56,58)/t38-,39?/m0/s1. The number of likely N-dealkylation sites (tertiary alicyclic amines) is 2. The van der Waals surface area contributed by atoms with E-state index in [9.17, 15) is 19.2 Å². The number of nitrogens with zero attached hydrogens (tertiary/aromatic N) is 6. The van der Waals surface area contributed by atoms with Crippen molar-refractivity contribution in [2.45, 2.75) is 69.6 Å². The fourth-order valence-corrected chi connectivity index (χ4v) is 10.6. The highest BCUT2D eigenvalue weighted by atomic mass is 16.5. The van der Waals surface area contributed by atoms with Gasteiger partial charge in [0.05, 0.1) is 6.04 Å². The number of nitrogens with two attached hydrogens (primary N) is 1. The number of amides is 4. The van der Waals surface area contributed by atoms with E-state index in [0.29, 0.717) is 53.4 Å². The lowest BCUT2D eigenvalue weighted by molar-refractivity contribution is -0.136. The van der Waals surface area contributed by atoms with Crippen molar-refractivity contribution in [3.63, 3.8) is 0 Å². The van der Waals surface area contributed by atoms with Crippen LogP contribution in [0.2, 0.25) is 0 Å². The molecule has 0 aliphatic carbocycles. The number of rotatable bonds is 10. The van der Waals surface area contributed by atoms with E-state index < -0.39 is 11.9 Å². The number of hydrogen-bond donors (Lipinski definition) is 3. The highest BCUT2D eigenvalue weighted by molar-refractivity contribution is 6.06. The molecule has 0 bridgehead atoms. The molecule has 4 amide bonds. The molecule has 0 radical (unpaired) electrons. The van der Waals surface area contributed by atoms with Crippen LogP contribution in [-0.4, -0.2) is 113 Å². The van der Waals surface area contributed by atoms with E-state index in [-0.39, 0.29) is 30.2 Å².